The van der Waals surface area contributed by atoms with E-state index in [1.807, 2.05) is 6.20 Å². The smallest absolute Gasteiger partial charge is 0.166 e. The summed E-state index contributed by atoms with van der Waals surface area (Å²) in [4.78, 5) is 17.4. The maximum absolute atomic E-state index is 12.5. The van der Waals surface area contributed by atoms with Crippen molar-refractivity contribution < 1.29 is 4.79 Å². The lowest BCUT2D eigenvalue weighted by Gasteiger charge is -2.29. The predicted octanol–water partition coefficient (Wildman–Crippen LogP) is 4.42. The van der Waals surface area contributed by atoms with E-state index in [1.165, 1.54) is 5.56 Å². The third-order valence-electron chi connectivity index (χ3n) is 5.02. The molecule has 4 heteroatoms. The van der Waals surface area contributed by atoms with Crippen molar-refractivity contribution in [1.29, 1.82) is 0 Å². The van der Waals surface area contributed by atoms with Gasteiger partial charge in [-0.15, -0.1) is 0 Å². The van der Waals surface area contributed by atoms with E-state index in [1.54, 1.807) is 4.52 Å². The van der Waals surface area contributed by atoms with Crippen molar-refractivity contribution in [2.45, 2.75) is 47.0 Å². The Kier molecular flexibility index (Phi) is 3.53. The van der Waals surface area contributed by atoms with Crippen LogP contribution < -0.4 is 0 Å². The summed E-state index contributed by atoms with van der Waals surface area (Å²) in [5.41, 5.74) is 6.92. The van der Waals surface area contributed by atoms with Crippen LogP contribution in [0.4, 0.5) is 0 Å². The van der Waals surface area contributed by atoms with E-state index in [4.69, 9.17) is 10.1 Å². The molecule has 0 N–H and O–H groups in total. The molecule has 0 amide bonds. The van der Waals surface area contributed by atoms with Crippen molar-refractivity contribution in [3.05, 3.63) is 53.0 Å². The summed E-state index contributed by atoms with van der Waals surface area (Å²) in [6, 6.07) is 8.48. The molecule has 1 aliphatic rings. The van der Waals surface area contributed by atoms with Gasteiger partial charge in [-0.05, 0) is 30.7 Å². The number of aromatic nitrogens is 3. The van der Waals surface area contributed by atoms with Gasteiger partial charge in [-0.25, -0.2) is 9.50 Å². The summed E-state index contributed by atoms with van der Waals surface area (Å²) in [7, 11) is 0. The second kappa shape index (κ2) is 5.51. The van der Waals surface area contributed by atoms with Crippen LogP contribution in [0.5, 0.6) is 0 Å². The molecule has 4 rings (SSSR count). The predicted molar refractivity (Wildman–Crippen MR) is 99.0 cm³/mol. The number of hydrogen-bond acceptors (Lipinski definition) is 3. The number of rotatable bonds is 2. The lowest BCUT2D eigenvalue weighted by Crippen LogP contribution is -2.28. The molecule has 0 atom stereocenters. The molecule has 0 fully saturated rings. The lowest BCUT2D eigenvalue weighted by atomic mass is 9.76. The van der Waals surface area contributed by atoms with Gasteiger partial charge in [0.2, 0.25) is 0 Å². The molecule has 0 aliphatic heterocycles. The normalized spacial score (nSPS) is 16.2. The van der Waals surface area contributed by atoms with E-state index in [0.29, 0.717) is 6.42 Å². The molecule has 0 radical (unpaired) electrons. The van der Waals surface area contributed by atoms with Crippen LogP contribution >= 0.6 is 0 Å². The number of carbonyl (C=O) groups is 1. The number of hydrogen-bond donors (Lipinski definition) is 0. The molecular formula is C21H23N3O. The van der Waals surface area contributed by atoms with Crippen molar-refractivity contribution in [2.24, 2.45) is 5.41 Å². The number of Topliss-reactive ketones (excluding diaryl/α,β-unsaturated/α-hetero) is 1. The summed E-state index contributed by atoms with van der Waals surface area (Å²) >= 11 is 0. The molecule has 1 aliphatic carbocycles. The van der Waals surface area contributed by atoms with Gasteiger partial charge in [0.15, 0.2) is 11.4 Å². The fraction of sp³-hybridized carbons (Fsp3) is 0.381. The number of aryl methyl sites for hydroxylation is 2. The molecule has 2 heterocycles. The monoisotopic (exact) mass is 333 g/mol. The van der Waals surface area contributed by atoms with E-state index in [9.17, 15) is 4.79 Å². The van der Waals surface area contributed by atoms with Crippen molar-refractivity contribution in [2.75, 3.05) is 0 Å². The van der Waals surface area contributed by atoms with Gasteiger partial charge in [-0.1, -0.05) is 50.6 Å². The standard InChI is InChI=1S/C21H23N3O/c1-5-16-19(14-8-6-13(2)7-9-14)20-22-17-10-21(3,4)11-18(25)15(17)12-24(20)23-16/h6-9,12H,5,10-11H2,1-4H3. The Hall–Kier alpha value is -2.49. The van der Waals surface area contributed by atoms with Gasteiger partial charge in [0, 0.05) is 18.2 Å². The Morgan fingerprint density at radius 1 is 1.16 bits per heavy atom. The Bertz CT molecular complexity index is 981. The first kappa shape index (κ1) is 16.0. The van der Waals surface area contributed by atoms with E-state index in [2.05, 4.69) is 52.0 Å². The summed E-state index contributed by atoms with van der Waals surface area (Å²) in [6.45, 7) is 8.46. The molecule has 1 aromatic carbocycles. The molecule has 0 saturated heterocycles. The highest BCUT2D eigenvalue weighted by Crippen LogP contribution is 2.36. The third-order valence-corrected chi connectivity index (χ3v) is 5.02. The van der Waals surface area contributed by atoms with Crippen LogP contribution in [0.1, 0.15) is 54.5 Å². The van der Waals surface area contributed by atoms with Crippen molar-refractivity contribution in [1.82, 2.24) is 14.6 Å². The molecule has 0 unspecified atom stereocenters. The largest absolute Gasteiger partial charge is 0.294 e. The first-order valence-electron chi connectivity index (χ1n) is 8.89. The SMILES string of the molecule is CCc1nn2cc3c(nc2c1-c1ccc(C)cc1)CC(C)(C)CC3=O. The van der Waals surface area contributed by atoms with Crippen molar-refractivity contribution in [3.8, 4) is 11.1 Å². The van der Waals surface area contributed by atoms with E-state index >= 15 is 0 Å². The second-order valence-corrected chi connectivity index (χ2v) is 7.85. The minimum atomic E-state index is -0.0347. The zero-order valence-electron chi connectivity index (χ0n) is 15.3. The average Bonchev–Trinajstić information content (AvgIpc) is 2.90. The molecule has 25 heavy (non-hydrogen) atoms. The molecular weight excluding hydrogens is 310 g/mol. The minimum absolute atomic E-state index is 0.0347. The van der Waals surface area contributed by atoms with E-state index < -0.39 is 0 Å². The van der Waals surface area contributed by atoms with Crippen molar-refractivity contribution >= 4 is 11.4 Å². The van der Waals surface area contributed by atoms with Crippen LogP contribution in [-0.2, 0) is 12.8 Å². The first-order chi connectivity index (χ1) is 11.9. The van der Waals surface area contributed by atoms with Crippen LogP contribution in [0.25, 0.3) is 16.8 Å². The van der Waals surface area contributed by atoms with Gasteiger partial charge in [-0.3, -0.25) is 4.79 Å². The number of nitrogens with zero attached hydrogens (tertiary/aromatic N) is 3. The molecule has 3 aromatic rings. The van der Waals surface area contributed by atoms with E-state index in [0.717, 1.165) is 46.6 Å². The fourth-order valence-electron chi connectivity index (χ4n) is 3.73. The summed E-state index contributed by atoms with van der Waals surface area (Å²) in [6.07, 6.45) is 4.10. The number of benzene rings is 1. The molecule has 2 aromatic heterocycles. The Morgan fingerprint density at radius 2 is 1.88 bits per heavy atom. The van der Waals surface area contributed by atoms with Gasteiger partial charge in [-0.2, -0.15) is 5.10 Å². The zero-order chi connectivity index (χ0) is 17.8. The highest BCUT2D eigenvalue weighted by Gasteiger charge is 2.33. The summed E-state index contributed by atoms with van der Waals surface area (Å²) < 4.78 is 1.79. The van der Waals surface area contributed by atoms with Gasteiger partial charge >= 0.3 is 0 Å². The van der Waals surface area contributed by atoms with Gasteiger partial charge in [0.1, 0.15) is 0 Å². The van der Waals surface area contributed by atoms with Crippen LogP contribution in [0.2, 0.25) is 0 Å². The van der Waals surface area contributed by atoms with Crippen LogP contribution in [0, 0.1) is 12.3 Å². The summed E-state index contributed by atoms with van der Waals surface area (Å²) in [5.74, 6) is 0.172. The molecule has 0 saturated carbocycles. The molecule has 128 valence electrons. The minimum Gasteiger partial charge on any atom is -0.294 e. The highest BCUT2D eigenvalue weighted by atomic mass is 16.1. The highest BCUT2D eigenvalue weighted by molar-refractivity contribution is 5.99. The quantitative estimate of drug-likeness (QED) is 0.697. The topological polar surface area (TPSA) is 47.3 Å². The number of carbonyl (C=O) groups excluding carboxylic acids is 1. The van der Waals surface area contributed by atoms with Gasteiger partial charge in [0.25, 0.3) is 0 Å². The average molecular weight is 333 g/mol. The zero-order valence-corrected chi connectivity index (χ0v) is 15.3. The Balaban J connectivity index is 1.97. The molecule has 0 bridgehead atoms. The number of ketones is 1. The van der Waals surface area contributed by atoms with Crippen LogP contribution in [0.3, 0.4) is 0 Å². The van der Waals surface area contributed by atoms with Crippen LogP contribution in [-0.4, -0.2) is 20.4 Å². The molecule has 0 spiro atoms. The maximum atomic E-state index is 12.5. The first-order valence-corrected chi connectivity index (χ1v) is 8.89. The second-order valence-electron chi connectivity index (χ2n) is 7.85. The van der Waals surface area contributed by atoms with Crippen LogP contribution in [0.15, 0.2) is 30.5 Å². The van der Waals surface area contributed by atoms with Gasteiger partial charge in [0.05, 0.1) is 17.0 Å². The maximum Gasteiger partial charge on any atom is 0.166 e. The Morgan fingerprint density at radius 3 is 2.56 bits per heavy atom. The molecule has 4 nitrogen and oxygen atoms in total. The Labute approximate surface area is 147 Å². The lowest BCUT2D eigenvalue weighted by molar-refractivity contribution is 0.0909. The third kappa shape index (κ3) is 2.66. The number of fused-ring (bicyclic) bond motifs is 2. The van der Waals surface area contributed by atoms with E-state index in [-0.39, 0.29) is 11.2 Å². The van der Waals surface area contributed by atoms with Gasteiger partial charge < -0.3 is 0 Å². The van der Waals surface area contributed by atoms with Crippen molar-refractivity contribution in [3.63, 3.8) is 0 Å². The fourth-order valence-corrected chi connectivity index (χ4v) is 3.73. The summed E-state index contributed by atoms with van der Waals surface area (Å²) in [5, 5.41) is 4.71.